The van der Waals surface area contributed by atoms with Crippen molar-refractivity contribution in [1.82, 2.24) is 10.6 Å². The summed E-state index contributed by atoms with van der Waals surface area (Å²) in [6, 6.07) is 14.8. The zero-order valence-corrected chi connectivity index (χ0v) is 14.6. The lowest BCUT2D eigenvalue weighted by molar-refractivity contribution is 0.173. The number of rotatable bonds is 7. The van der Waals surface area contributed by atoms with Crippen LogP contribution < -0.4 is 15.4 Å². The van der Waals surface area contributed by atoms with Crippen molar-refractivity contribution in [3.8, 4) is 5.75 Å². The summed E-state index contributed by atoms with van der Waals surface area (Å²) in [6.07, 6.45) is 1.27. The second-order valence-corrected chi connectivity index (χ2v) is 6.08. The molecule has 0 heterocycles. The molecule has 0 aliphatic rings. The van der Waals surface area contributed by atoms with Crippen LogP contribution in [0.2, 0.25) is 0 Å². The summed E-state index contributed by atoms with van der Waals surface area (Å²) in [7, 11) is 1.61. The molecule has 0 saturated carbocycles. The Morgan fingerprint density at radius 1 is 1.12 bits per heavy atom. The number of urea groups is 1. The van der Waals surface area contributed by atoms with Crippen LogP contribution in [0.1, 0.15) is 17.2 Å². The van der Waals surface area contributed by atoms with E-state index in [0.29, 0.717) is 6.54 Å². The Bertz CT molecular complexity index is 644. The number of methoxy groups -OCH3 is 1. The summed E-state index contributed by atoms with van der Waals surface area (Å²) < 4.78 is 5.09. The fourth-order valence-electron chi connectivity index (χ4n) is 2.12. The first-order valence-corrected chi connectivity index (χ1v) is 8.81. The zero-order chi connectivity index (χ0) is 17.4. The second kappa shape index (κ2) is 9.20. The van der Waals surface area contributed by atoms with Gasteiger partial charge in [-0.05, 0) is 41.6 Å². The number of benzene rings is 2. The minimum Gasteiger partial charge on any atom is -0.497 e. The Morgan fingerprint density at radius 3 is 2.38 bits per heavy atom. The Labute approximate surface area is 146 Å². The van der Waals surface area contributed by atoms with E-state index in [0.717, 1.165) is 21.8 Å². The van der Waals surface area contributed by atoms with Crippen LogP contribution in [-0.2, 0) is 6.54 Å². The molecule has 5 nitrogen and oxygen atoms in total. The molecule has 0 unspecified atom stereocenters. The monoisotopic (exact) mass is 346 g/mol. The molecule has 0 radical (unpaired) electrons. The van der Waals surface area contributed by atoms with Gasteiger partial charge in [-0.3, -0.25) is 0 Å². The predicted octanol–water partition coefficient (Wildman–Crippen LogP) is 2.95. The third-order valence-electron chi connectivity index (χ3n) is 3.57. The van der Waals surface area contributed by atoms with Gasteiger partial charge < -0.3 is 20.5 Å². The van der Waals surface area contributed by atoms with Crippen molar-refractivity contribution in [3.05, 3.63) is 59.7 Å². The number of aliphatic hydroxyl groups excluding tert-OH is 1. The Morgan fingerprint density at radius 2 is 1.79 bits per heavy atom. The molecule has 0 fully saturated rings. The van der Waals surface area contributed by atoms with Crippen molar-refractivity contribution >= 4 is 17.8 Å². The van der Waals surface area contributed by atoms with Crippen molar-refractivity contribution in [1.29, 1.82) is 0 Å². The molecule has 24 heavy (non-hydrogen) atoms. The van der Waals surface area contributed by atoms with Crippen LogP contribution in [0.25, 0.3) is 0 Å². The summed E-state index contributed by atoms with van der Waals surface area (Å²) in [5.41, 5.74) is 1.75. The smallest absolute Gasteiger partial charge is 0.315 e. The Kier molecular flexibility index (Phi) is 6.96. The molecule has 0 spiro atoms. The number of ether oxygens (including phenoxy) is 1. The minimum absolute atomic E-state index is 0.160. The van der Waals surface area contributed by atoms with Gasteiger partial charge in [-0.25, -0.2) is 4.79 Å². The molecule has 2 aromatic rings. The molecule has 0 aromatic heterocycles. The SMILES string of the molecule is COc1ccc(CNC(=O)NC[C@@H](O)c2ccc(SC)cc2)cc1. The quantitative estimate of drug-likeness (QED) is 0.674. The predicted molar refractivity (Wildman–Crippen MR) is 96.4 cm³/mol. The van der Waals surface area contributed by atoms with Crippen molar-refractivity contribution < 1.29 is 14.6 Å². The lowest BCUT2D eigenvalue weighted by Crippen LogP contribution is -2.37. The van der Waals surface area contributed by atoms with Gasteiger partial charge in [0.1, 0.15) is 5.75 Å². The molecule has 3 N–H and O–H groups in total. The molecular formula is C18H22N2O3S. The topological polar surface area (TPSA) is 70.6 Å². The number of amides is 2. The van der Waals surface area contributed by atoms with Gasteiger partial charge in [-0.2, -0.15) is 0 Å². The van der Waals surface area contributed by atoms with Crippen LogP contribution in [0, 0.1) is 0 Å². The summed E-state index contributed by atoms with van der Waals surface area (Å²) in [6.45, 7) is 0.571. The van der Waals surface area contributed by atoms with Crippen LogP contribution in [0.3, 0.4) is 0 Å². The van der Waals surface area contributed by atoms with Crippen molar-refractivity contribution in [3.63, 3.8) is 0 Å². The van der Waals surface area contributed by atoms with E-state index in [1.54, 1.807) is 18.9 Å². The first-order chi connectivity index (χ1) is 11.6. The molecule has 0 aliphatic carbocycles. The van der Waals surface area contributed by atoms with E-state index in [4.69, 9.17) is 4.74 Å². The summed E-state index contributed by atoms with van der Waals surface area (Å²) in [5, 5.41) is 15.5. The fourth-order valence-corrected chi connectivity index (χ4v) is 2.53. The number of thioether (sulfide) groups is 1. The molecule has 2 aromatic carbocycles. The third-order valence-corrected chi connectivity index (χ3v) is 4.31. The van der Waals surface area contributed by atoms with Crippen molar-refractivity contribution in [2.45, 2.75) is 17.5 Å². The summed E-state index contributed by atoms with van der Waals surface area (Å²) in [4.78, 5) is 12.9. The average molecular weight is 346 g/mol. The van der Waals surface area contributed by atoms with E-state index < -0.39 is 6.10 Å². The van der Waals surface area contributed by atoms with Crippen molar-refractivity contribution in [2.24, 2.45) is 0 Å². The van der Waals surface area contributed by atoms with Crippen LogP contribution in [0.4, 0.5) is 4.79 Å². The maximum atomic E-state index is 11.8. The molecule has 1 atom stereocenters. The first-order valence-electron chi connectivity index (χ1n) is 7.59. The normalized spacial score (nSPS) is 11.6. The minimum atomic E-state index is -0.729. The highest BCUT2D eigenvalue weighted by atomic mass is 32.2. The van der Waals surface area contributed by atoms with E-state index in [-0.39, 0.29) is 12.6 Å². The van der Waals surface area contributed by atoms with Crippen LogP contribution in [0.15, 0.2) is 53.4 Å². The lowest BCUT2D eigenvalue weighted by atomic mass is 10.1. The van der Waals surface area contributed by atoms with Gasteiger partial charge in [-0.15, -0.1) is 11.8 Å². The highest BCUT2D eigenvalue weighted by Gasteiger charge is 2.09. The second-order valence-electron chi connectivity index (χ2n) is 5.20. The standard InChI is InChI=1S/C18H22N2O3S/c1-23-15-7-3-13(4-8-15)11-19-18(22)20-12-17(21)14-5-9-16(24-2)10-6-14/h3-10,17,21H,11-12H2,1-2H3,(H2,19,20,22)/t17-/m1/s1. The number of aliphatic hydroxyl groups is 1. The van der Waals surface area contributed by atoms with E-state index >= 15 is 0 Å². The molecule has 0 bridgehead atoms. The molecule has 6 heteroatoms. The first kappa shape index (κ1) is 18.2. The van der Waals surface area contributed by atoms with Crippen molar-refractivity contribution in [2.75, 3.05) is 19.9 Å². The molecule has 0 saturated heterocycles. The lowest BCUT2D eigenvalue weighted by Gasteiger charge is -2.13. The summed E-state index contributed by atoms with van der Waals surface area (Å²) >= 11 is 1.64. The van der Waals surface area contributed by atoms with Crippen LogP contribution in [-0.4, -0.2) is 31.0 Å². The van der Waals surface area contributed by atoms with Gasteiger partial charge in [0.2, 0.25) is 0 Å². The molecule has 0 aliphatic heterocycles. The van der Waals surface area contributed by atoms with Gasteiger partial charge in [-0.1, -0.05) is 24.3 Å². The maximum Gasteiger partial charge on any atom is 0.315 e. The Balaban J connectivity index is 1.75. The van der Waals surface area contributed by atoms with Gasteiger partial charge in [0.15, 0.2) is 0 Å². The Hall–Kier alpha value is -2.18. The van der Waals surface area contributed by atoms with E-state index in [2.05, 4.69) is 10.6 Å². The largest absolute Gasteiger partial charge is 0.497 e. The van der Waals surface area contributed by atoms with E-state index in [1.165, 1.54) is 0 Å². The average Bonchev–Trinajstić information content (AvgIpc) is 2.64. The van der Waals surface area contributed by atoms with Crippen LogP contribution >= 0.6 is 11.8 Å². The van der Waals surface area contributed by atoms with Gasteiger partial charge in [0.05, 0.1) is 13.2 Å². The maximum absolute atomic E-state index is 11.8. The molecule has 2 rings (SSSR count). The number of carbonyl (C=O) groups is 1. The van der Waals surface area contributed by atoms with Gasteiger partial charge >= 0.3 is 6.03 Å². The summed E-state index contributed by atoms with van der Waals surface area (Å²) in [5.74, 6) is 0.777. The van der Waals surface area contributed by atoms with E-state index in [9.17, 15) is 9.90 Å². The van der Waals surface area contributed by atoms with Gasteiger partial charge in [0.25, 0.3) is 0 Å². The molecular weight excluding hydrogens is 324 g/mol. The number of nitrogens with one attached hydrogen (secondary N) is 2. The molecule has 128 valence electrons. The number of carbonyl (C=O) groups excluding carboxylic acids is 1. The highest BCUT2D eigenvalue weighted by molar-refractivity contribution is 7.98. The zero-order valence-electron chi connectivity index (χ0n) is 13.8. The number of hydrogen-bond acceptors (Lipinski definition) is 4. The highest BCUT2D eigenvalue weighted by Crippen LogP contribution is 2.18. The van der Waals surface area contributed by atoms with Gasteiger partial charge in [0, 0.05) is 18.0 Å². The van der Waals surface area contributed by atoms with Crippen LogP contribution in [0.5, 0.6) is 5.75 Å². The molecule has 2 amide bonds. The number of hydrogen-bond donors (Lipinski definition) is 3. The fraction of sp³-hybridized carbons (Fsp3) is 0.278. The van der Waals surface area contributed by atoms with E-state index in [1.807, 2.05) is 54.8 Å². The third kappa shape index (κ3) is 5.47.